The summed E-state index contributed by atoms with van der Waals surface area (Å²) in [5, 5.41) is 9.12. The van der Waals surface area contributed by atoms with E-state index in [0.717, 1.165) is 18.7 Å². The lowest BCUT2D eigenvalue weighted by molar-refractivity contribution is -0.121. The van der Waals surface area contributed by atoms with Crippen LogP contribution in [0.5, 0.6) is 5.88 Å². The van der Waals surface area contributed by atoms with Crippen LogP contribution < -0.4 is 20.7 Å². The minimum absolute atomic E-state index is 0.0669. The van der Waals surface area contributed by atoms with Crippen molar-refractivity contribution in [1.29, 1.82) is 0 Å². The normalized spacial score (nSPS) is 14.7. The van der Waals surface area contributed by atoms with Crippen LogP contribution in [0, 0.1) is 5.92 Å². The molecule has 0 radical (unpaired) electrons. The summed E-state index contributed by atoms with van der Waals surface area (Å²) in [7, 11) is 0. The molecule has 7 heteroatoms. The number of ether oxygens (including phenoxy) is 1. The van der Waals surface area contributed by atoms with Crippen molar-refractivity contribution in [2.24, 2.45) is 10.9 Å². The molecule has 1 aliphatic rings. The van der Waals surface area contributed by atoms with Crippen molar-refractivity contribution in [3.63, 3.8) is 0 Å². The predicted molar refractivity (Wildman–Crippen MR) is 103 cm³/mol. The Bertz CT molecular complexity index is 621. The van der Waals surface area contributed by atoms with Crippen LogP contribution in [0.3, 0.4) is 0 Å². The van der Waals surface area contributed by atoms with Crippen molar-refractivity contribution >= 4 is 11.9 Å². The van der Waals surface area contributed by atoms with Gasteiger partial charge in [-0.25, -0.2) is 9.98 Å². The first-order chi connectivity index (χ1) is 12.4. The molecule has 1 aromatic rings. The van der Waals surface area contributed by atoms with Crippen molar-refractivity contribution in [2.75, 3.05) is 19.7 Å². The molecule has 1 amide bonds. The molecule has 0 atom stereocenters. The number of aliphatic imine (C=N–C) groups is 1. The Kier molecular flexibility index (Phi) is 7.24. The van der Waals surface area contributed by atoms with Crippen LogP contribution in [0.4, 0.5) is 0 Å². The fraction of sp³-hybridized carbons (Fsp3) is 0.632. The average molecular weight is 361 g/mol. The molecule has 7 nitrogen and oxygen atoms in total. The van der Waals surface area contributed by atoms with E-state index in [-0.39, 0.29) is 18.0 Å². The van der Waals surface area contributed by atoms with Gasteiger partial charge in [0.1, 0.15) is 0 Å². The highest BCUT2D eigenvalue weighted by Crippen LogP contribution is 2.29. The Morgan fingerprint density at radius 2 is 2.12 bits per heavy atom. The molecule has 1 aliphatic carbocycles. The van der Waals surface area contributed by atoms with Gasteiger partial charge in [0.25, 0.3) is 0 Å². The molecule has 1 fully saturated rings. The minimum atomic E-state index is -0.248. The number of hydrogen-bond donors (Lipinski definition) is 3. The standard InChI is InChI=1S/C19H31N5O2/c1-5-20-18(23-12-16(25)24-19(2,3)4)22-11-15-8-9-21-17(10-15)26-13-14-6-7-14/h8-10,14H,5-7,11-13H2,1-4H3,(H,24,25)(H2,20,22,23). The predicted octanol–water partition coefficient (Wildman–Crippen LogP) is 1.84. The van der Waals surface area contributed by atoms with Gasteiger partial charge in [-0.1, -0.05) is 0 Å². The summed E-state index contributed by atoms with van der Waals surface area (Å²) >= 11 is 0. The summed E-state index contributed by atoms with van der Waals surface area (Å²) < 4.78 is 5.71. The van der Waals surface area contributed by atoms with Crippen LogP contribution in [0.2, 0.25) is 0 Å². The van der Waals surface area contributed by atoms with Gasteiger partial charge >= 0.3 is 0 Å². The third-order valence-electron chi connectivity index (χ3n) is 3.66. The molecule has 0 aliphatic heterocycles. The number of amides is 1. The first-order valence-electron chi connectivity index (χ1n) is 9.26. The summed E-state index contributed by atoms with van der Waals surface area (Å²) in [4.78, 5) is 20.7. The Balaban J connectivity index is 1.86. The summed E-state index contributed by atoms with van der Waals surface area (Å²) in [6, 6.07) is 3.84. The van der Waals surface area contributed by atoms with E-state index in [0.29, 0.717) is 24.3 Å². The molecule has 0 bridgehead atoms. The van der Waals surface area contributed by atoms with Gasteiger partial charge in [0, 0.05) is 24.3 Å². The van der Waals surface area contributed by atoms with Gasteiger partial charge in [-0.3, -0.25) is 4.79 Å². The van der Waals surface area contributed by atoms with Crippen molar-refractivity contribution in [2.45, 2.75) is 52.6 Å². The number of carbonyl (C=O) groups is 1. The second-order valence-electron chi connectivity index (χ2n) is 7.60. The molecule has 1 heterocycles. The van der Waals surface area contributed by atoms with E-state index in [1.54, 1.807) is 6.20 Å². The maximum absolute atomic E-state index is 11.9. The van der Waals surface area contributed by atoms with E-state index in [1.165, 1.54) is 12.8 Å². The van der Waals surface area contributed by atoms with Gasteiger partial charge in [-0.05, 0) is 58.1 Å². The Morgan fingerprint density at radius 3 is 2.77 bits per heavy atom. The number of guanidine groups is 1. The van der Waals surface area contributed by atoms with E-state index in [1.807, 2.05) is 39.8 Å². The first-order valence-corrected chi connectivity index (χ1v) is 9.26. The summed E-state index contributed by atoms with van der Waals surface area (Å²) in [5.41, 5.74) is 0.768. The second-order valence-corrected chi connectivity index (χ2v) is 7.60. The van der Waals surface area contributed by atoms with Gasteiger partial charge in [0.2, 0.25) is 11.8 Å². The molecule has 0 aromatic carbocycles. The smallest absolute Gasteiger partial charge is 0.239 e. The number of nitrogens with one attached hydrogen (secondary N) is 3. The van der Waals surface area contributed by atoms with Crippen LogP contribution in [0.1, 0.15) is 46.1 Å². The topological polar surface area (TPSA) is 87.6 Å². The Labute approximate surface area is 156 Å². The minimum Gasteiger partial charge on any atom is -0.477 e. The number of hydrogen-bond acceptors (Lipinski definition) is 4. The van der Waals surface area contributed by atoms with Crippen molar-refractivity contribution in [1.82, 2.24) is 20.9 Å². The molecular formula is C19H31N5O2. The SMILES string of the molecule is CCNC(=NCc1ccnc(OCC2CC2)c1)NCC(=O)NC(C)(C)C. The van der Waals surface area contributed by atoms with E-state index in [4.69, 9.17) is 4.74 Å². The van der Waals surface area contributed by atoms with Crippen LogP contribution in [-0.4, -0.2) is 42.1 Å². The van der Waals surface area contributed by atoms with Gasteiger partial charge in [0.15, 0.2) is 5.96 Å². The molecule has 144 valence electrons. The van der Waals surface area contributed by atoms with Crippen molar-refractivity contribution in [3.8, 4) is 5.88 Å². The lowest BCUT2D eigenvalue weighted by atomic mass is 10.1. The number of nitrogens with zero attached hydrogens (tertiary/aromatic N) is 2. The van der Waals surface area contributed by atoms with E-state index >= 15 is 0 Å². The molecule has 2 rings (SSSR count). The van der Waals surface area contributed by atoms with E-state index in [2.05, 4.69) is 25.9 Å². The largest absolute Gasteiger partial charge is 0.477 e. The van der Waals surface area contributed by atoms with Gasteiger partial charge in [0.05, 0.1) is 19.7 Å². The maximum atomic E-state index is 11.9. The van der Waals surface area contributed by atoms with Crippen LogP contribution in [0.15, 0.2) is 23.3 Å². The molecule has 0 unspecified atom stereocenters. The quantitative estimate of drug-likeness (QED) is 0.486. The molecular weight excluding hydrogens is 330 g/mol. The third kappa shape index (κ3) is 8.18. The lowest BCUT2D eigenvalue weighted by Crippen LogP contribution is -2.48. The molecule has 0 saturated heterocycles. The maximum Gasteiger partial charge on any atom is 0.239 e. The summed E-state index contributed by atoms with van der Waals surface area (Å²) in [6.07, 6.45) is 4.25. The van der Waals surface area contributed by atoms with Gasteiger partial charge in [-0.15, -0.1) is 0 Å². The average Bonchev–Trinajstić information content (AvgIpc) is 3.39. The monoisotopic (exact) mass is 361 g/mol. The number of rotatable bonds is 8. The third-order valence-corrected chi connectivity index (χ3v) is 3.66. The van der Waals surface area contributed by atoms with Crippen molar-refractivity contribution < 1.29 is 9.53 Å². The van der Waals surface area contributed by atoms with Crippen LogP contribution in [0.25, 0.3) is 0 Å². The van der Waals surface area contributed by atoms with E-state index < -0.39 is 0 Å². The highest BCUT2D eigenvalue weighted by Gasteiger charge is 2.22. The molecule has 1 saturated carbocycles. The molecule has 1 aromatic heterocycles. The number of carbonyl (C=O) groups excluding carboxylic acids is 1. The zero-order valence-corrected chi connectivity index (χ0v) is 16.3. The summed E-state index contributed by atoms with van der Waals surface area (Å²) in [5.74, 6) is 1.88. The lowest BCUT2D eigenvalue weighted by Gasteiger charge is -2.21. The van der Waals surface area contributed by atoms with Gasteiger partial charge < -0.3 is 20.7 Å². The number of pyridine rings is 1. The molecule has 3 N–H and O–H groups in total. The summed E-state index contributed by atoms with van der Waals surface area (Å²) in [6.45, 7) is 9.98. The van der Waals surface area contributed by atoms with Gasteiger partial charge in [-0.2, -0.15) is 0 Å². The van der Waals surface area contributed by atoms with Crippen molar-refractivity contribution in [3.05, 3.63) is 23.9 Å². The Morgan fingerprint density at radius 1 is 1.35 bits per heavy atom. The highest BCUT2D eigenvalue weighted by atomic mass is 16.5. The van der Waals surface area contributed by atoms with Crippen LogP contribution in [-0.2, 0) is 11.3 Å². The molecule has 26 heavy (non-hydrogen) atoms. The second kappa shape index (κ2) is 9.40. The zero-order chi connectivity index (χ0) is 19.0. The number of aromatic nitrogens is 1. The Hall–Kier alpha value is -2.31. The highest BCUT2D eigenvalue weighted by molar-refractivity contribution is 5.86. The van der Waals surface area contributed by atoms with E-state index in [9.17, 15) is 4.79 Å². The first kappa shape index (κ1) is 20.0. The fourth-order valence-electron chi connectivity index (χ4n) is 2.25. The zero-order valence-electron chi connectivity index (χ0n) is 16.3. The van der Waals surface area contributed by atoms with Crippen LogP contribution >= 0.6 is 0 Å². The fourth-order valence-corrected chi connectivity index (χ4v) is 2.25. The molecule has 0 spiro atoms.